The van der Waals surface area contributed by atoms with Crippen LogP contribution in [0.25, 0.3) is 0 Å². The highest BCUT2D eigenvalue weighted by molar-refractivity contribution is 5.94. The van der Waals surface area contributed by atoms with Gasteiger partial charge in [0.1, 0.15) is 5.82 Å². The molecule has 0 fully saturated rings. The van der Waals surface area contributed by atoms with Gasteiger partial charge < -0.3 is 11.1 Å². The minimum atomic E-state index is -0.503. The maximum Gasteiger partial charge on any atom is 0.254 e. The van der Waals surface area contributed by atoms with Crippen LogP contribution in [0.4, 0.5) is 4.39 Å². The van der Waals surface area contributed by atoms with Crippen LogP contribution in [0.3, 0.4) is 0 Å². The van der Waals surface area contributed by atoms with E-state index < -0.39 is 11.7 Å². The largest absolute Gasteiger partial charge is 0.348 e. The zero-order valence-electron chi connectivity index (χ0n) is 8.88. The number of carbonyl (C=O) groups excluding carboxylic acids is 1. The van der Waals surface area contributed by atoms with E-state index in [1.165, 1.54) is 12.1 Å². The zero-order valence-corrected chi connectivity index (χ0v) is 8.88. The number of hydrogen-bond acceptors (Lipinski definition) is 2. The SMILES string of the molecule is Cc1ccc(C(=O)N[C@@H](C)CN)c(F)c1. The van der Waals surface area contributed by atoms with Crippen molar-refractivity contribution in [2.75, 3.05) is 6.54 Å². The molecule has 0 aliphatic rings. The predicted molar refractivity (Wildman–Crippen MR) is 57.1 cm³/mol. The zero-order chi connectivity index (χ0) is 11.4. The van der Waals surface area contributed by atoms with Gasteiger partial charge in [-0.2, -0.15) is 0 Å². The third-order valence-electron chi connectivity index (χ3n) is 2.10. The summed E-state index contributed by atoms with van der Waals surface area (Å²) < 4.78 is 13.4. The summed E-state index contributed by atoms with van der Waals surface area (Å²) in [5, 5.41) is 2.60. The molecule has 3 N–H and O–H groups in total. The van der Waals surface area contributed by atoms with Gasteiger partial charge in [0, 0.05) is 12.6 Å². The summed E-state index contributed by atoms with van der Waals surface area (Å²) in [4.78, 5) is 11.5. The average Bonchev–Trinajstić information content (AvgIpc) is 2.17. The van der Waals surface area contributed by atoms with Crippen molar-refractivity contribution in [3.05, 3.63) is 35.1 Å². The summed E-state index contributed by atoms with van der Waals surface area (Å²) >= 11 is 0. The van der Waals surface area contributed by atoms with E-state index in [9.17, 15) is 9.18 Å². The van der Waals surface area contributed by atoms with Crippen molar-refractivity contribution in [3.63, 3.8) is 0 Å². The van der Waals surface area contributed by atoms with Crippen LogP contribution in [0.2, 0.25) is 0 Å². The number of aryl methyl sites for hydroxylation is 1. The normalized spacial score (nSPS) is 12.3. The van der Waals surface area contributed by atoms with Gasteiger partial charge in [-0.25, -0.2) is 4.39 Å². The lowest BCUT2D eigenvalue weighted by molar-refractivity contribution is 0.0937. The highest BCUT2D eigenvalue weighted by atomic mass is 19.1. The van der Waals surface area contributed by atoms with E-state index in [1.54, 1.807) is 19.9 Å². The Morgan fingerprint density at radius 3 is 2.80 bits per heavy atom. The predicted octanol–water partition coefficient (Wildman–Crippen LogP) is 1.21. The molecule has 1 aromatic rings. The van der Waals surface area contributed by atoms with Crippen LogP contribution in [-0.4, -0.2) is 18.5 Å². The molecule has 0 bridgehead atoms. The fourth-order valence-corrected chi connectivity index (χ4v) is 1.16. The third kappa shape index (κ3) is 3.02. The van der Waals surface area contributed by atoms with E-state index in [0.717, 1.165) is 5.56 Å². The van der Waals surface area contributed by atoms with Crippen molar-refractivity contribution in [3.8, 4) is 0 Å². The van der Waals surface area contributed by atoms with Gasteiger partial charge in [0.05, 0.1) is 5.56 Å². The van der Waals surface area contributed by atoms with Crippen LogP contribution in [-0.2, 0) is 0 Å². The number of halogens is 1. The molecule has 15 heavy (non-hydrogen) atoms. The Balaban J connectivity index is 2.82. The number of carbonyl (C=O) groups is 1. The topological polar surface area (TPSA) is 55.1 Å². The summed E-state index contributed by atoms with van der Waals surface area (Å²) in [6.07, 6.45) is 0. The first-order chi connectivity index (χ1) is 7.04. The highest BCUT2D eigenvalue weighted by Crippen LogP contribution is 2.09. The van der Waals surface area contributed by atoms with Gasteiger partial charge in [0.25, 0.3) is 5.91 Å². The molecule has 0 spiro atoms. The number of amides is 1. The number of nitrogens with two attached hydrogens (primary N) is 1. The summed E-state index contributed by atoms with van der Waals surface area (Å²) in [6, 6.07) is 4.36. The van der Waals surface area contributed by atoms with Gasteiger partial charge in [-0.1, -0.05) is 6.07 Å². The Morgan fingerprint density at radius 1 is 1.60 bits per heavy atom. The maximum absolute atomic E-state index is 13.4. The van der Waals surface area contributed by atoms with Gasteiger partial charge in [0.2, 0.25) is 0 Å². The standard InChI is InChI=1S/C11H15FN2O/c1-7-3-4-9(10(12)5-7)11(15)14-8(2)6-13/h3-5,8H,6,13H2,1-2H3,(H,14,15)/t8-/m0/s1. The minimum absolute atomic E-state index is 0.0564. The smallest absolute Gasteiger partial charge is 0.254 e. The van der Waals surface area contributed by atoms with Crippen molar-refractivity contribution < 1.29 is 9.18 Å². The van der Waals surface area contributed by atoms with Crippen LogP contribution < -0.4 is 11.1 Å². The van der Waals surface area contributed by atoms with E-state index in [-0.39, 0.29) is 11.6 Å². The van der Waals surface area contributed by atoms with Gasteiger partial charge in [0.15, 0.2) is 0 Å². The molecule has 0 aromatic heterocycles. The Hall–Kier alpha value is -1.42. The Kier molecular flexibility index (Phi) is 3.80. The lowest BCUT2D eigenvalue weighted by Gasteiger charge is -2.11. The second kappa shape index (κ2) is 4.89. The first-order valence-electron chi connectivity index (χ1n) is 4.81. The fourth-order valence-electron chi connectivity index (χ4n) is 1.16. The van der Waals surface area contributed by atoms with E-state index in [0.29, 0.717) is 6.54 Å². The molecule has 0 saturated heterocycles. The van der Waals surface area contributed by atoms with Crippen LogP contribution in [0, 0.1) is 12.7 Å². The maximum atomic E-state index is 13.4. The second-order valence-corrected chi connectivity index (χ2v) is 3.59. The molecule has 0 aliphatic heterocycles. The van der Waals surface area contributed by atoms with Crippen molar-refractivity contribution >= 4 is 5.91 Å². The molecule has 1 rings (SSSR count). The Bertz CT molecular complexity index is 366. The van der Waals surface area contributed by atoms with Crippen molar-refractivity contribution in [1.82, 2.24) is 5.32 Å². The van der Waals surface area contributed by atoms with E-state index in [2.05, 4.69) is 5.32 Å². The number of rotatable bonds is 3. The molecule has 1 atom stereocenters. The summed E-state index contributed by atoms with van der Waals surface area (Å²) in [5.74, 6) is -0.929. The molecule has 0 aliphatic carbocycles. The van der Waals surface area contributed by atoms with Crippen LogP contribution >= 0.6 is 0 Å². The minimum Gasteiger partial charge on any atom is -0.348 e. The van der Waals surface area contributed by atoms with E-state index in [1.807, 2.05) is 0 Å². The van der Waals surface area contributed by atoms with Gasteiger partial charge in [-0.05, 0) is 31.5 Å². The molecule has 4 heteroatoms. The molecule has 3 nitrogen and oxygen atoms in total. The van der Waals surface area contributed by atoms with Crippen LogP contribution in [0.15, 0.2) is 18.2 Å². The summed E-state index contributed by atoms with van der Waals surface area (Å²) in [7, 11) is 0. The molecule has 0 heterocycles. The number of hydrogen-bond donors (Lipinski definition) is 2. The molecule has 0 saturated carbocycles. The molecule has 1 amide bonds. The molecule has 0 unspecified atom stereocenters. The van der Waals surface area contributed by atoms with Gasteiger partial charge in [-0.3, -0.25) is 4.79 Å². The Morgan fingerprint density at radius 2 is 2.27 bits per heavy atom. The van der Waals surface area contributed by atoms with Crippen LogP contribution in [0.1, 0.15) is 22.8 Å². The molecular weight excluding hydrogens is 195 g/mol. The van der Waals surface area contributed by atoms with E-state index >= 15 is 0 Å². The molecule has 1 aromatic carbocycles. The molecular formula is C11H15FN2O. The van der Waals surface area contributed by atoms with Crippen molar-refractivity contribution in [2.24, 2.45) is 5.73 Å². The van der Waals surface area contributed by atoms with E-state index in [4.69, 9.17) is 5.73 Å². The summed E-state index contributed by atoms with van der Waals surface area (Å²) in [6.45, 7) is 3.87. The summed E-state index contributed by atoms with van der Waals surface area (Å²) in [5.41, 5.74) is 6.20. The van der Waals surface area contributed by atoms with Gasteiger partial charge in [-0.15, -0.1) is 0 Å². The van der Waals surface area contributed by atoms with Crippen molar-refractivity contribution in [2.45, 2.75) is 19.9 Å². The lowest BCUT2D eigenvalue weighted by atomic mass is 10.1. The van der Waals surface area contributed by atoms with Crippen molar-refractivity contribution in [1.29, 1.82) is 0 Å². The quantitative estimate of drug-likeness (QED) is 0.788. The molecule has 82 valence electrons. The third-order valence-corrected chi connectivity index (χ3v) is 2.10. The number of nitrogens with one attached hydrogen (secondary N) is 1. The van der Waals surface area contributed by atoms with Gasteiger partial charge >= 0.3 is 0 Å². The average molecular weight is 210 g/mol. The highest BCUT2D eigenvalue weighted by Gasteiger charge is 2.12. The lowest BCUT2D eigenvalue weighted by Crippen LogP contribution is -2.38. The monoisotopic (exact) mass is 210 g/mol. The fraction of sp³-hybridized carbons (Fsp3) is 0.364. The molecule has 0 radical (unpaired) electrons. The Labute approximate surface area is 88.5 Å². The first-order valence-corrected chi connectivity index (χ1v) is 4.81. The van der Waals surface area contributed by atoms with Crippen LogP contribution in [0.5, 0.6) is 0 Å². The first kappa shape index (κ1) is 11.7. The number of benzene rings is 1. The second-order valence-electron chi connectivity index (χ2n) is 3.59.